The van der Waals surface area contributed by atoms with Crippen LogP contribution in [0.3, 0.4) is 0 Å². The van der Waals surface area contributed by atoms with Gasteiger partial charge in [-0.25, -0.2) is 4.79 Å². The predicted octanol–water partition coefficient (Wildman–Crippen LogP) is 2.71. The number of hydrogen-bond donors (Lipinski definition) is 2. The molecule has 2 aromatic carbocycles. The minimum Gasteiger partial charge on any atom is -0.325 e. The molecule has 0 aromatic heterocycles. The fourth-order valence-electron chi connectivity index (χ4n) is 2.90. The van der Waals surface area contributed by atoms with E-state index in [9.17, 15) is 14.4 Å². The van der Waals surface area contributed by atoms with Gasteiger partial charge in [-0.3, -0.25) is 14.5 Å². The number of nitrogens with one attached hydrogen (secondary N) is 2. The SMILES string of the molecule is Cc1ccc(NC(=O)CN2C(=O)N[C@](C)(c3ccc(C)cc3)C2=O)cc1. The Labute approximate surface area is 152 Å². The van der Waals surface area contributed by atoms with Gasteiger partial charge in [-0.05, 0) is 38.5 Å². The highest BCUT2D eigenvalue weighted by atomic mass is 16.2. The Bertz CT molecular complexity index is 859. The molecule has 1 fully saturated rings. The maximum Gasteiger partial charge on any atom is 0.325 e. The number of hydrogen-bond acceptors (Lipinski definition) is 3. The second kappa shape index (κ2) is 6.63. The summed E-state index contributed by atoms with van der Waals surface area (Å²) < 4.78 is 0. The number of urea groups is 1. The molecule has 1 saturated heterocycles. The summed E-state index contributed by atoms with van der Waals surface area (Å²) in [5.41, 5.74) is 2.26. The lowest BCUT2D eigenvalue weighted by Gasteiger charge is -2.22. The van der Waals surface area contributed by atoms with E-state index in [-0.39, 0.29) is 6.54 Å². The Morgan fingerprint density at radius 2 is 1.54 bits per heavy atom. The molecule has 0 unspecified atom stereocenters. The molecule has 3 rings (SSSR count). The zero-order valence-corrected chi connectivity index (χ0v) is 15.0. The molecule has 1 heterocycles. The van der Waals surface area contributed by atoms with Crippen LogP contribution in [0.2, 0.25) is 0 Å². The van der Waals surface area contributed by atoms with E-state index in [0.29, 0.717) is 11.3 Å². The number of amides is 4. The number of nitrogens with zero attached hydrogens (tertiary/aromatic N) is 1. The molecule has 1 atom stereocenters. The second-order valence-electron chi connectivity index (χ2n) is 6.73. The van der Waals surface area contributed by atoms with Crippen molar-refractivity contribution in [2.24, 2.45) is 0 Å². The van der Waals surface area contributed by atoms with Gasteiger partial charge in [-0.15, -0.1) is 0 Å². The van der Waals surface area contributed by atoms with Crippen LogP contribution in [0.1, 0.15) is 23.6 Å². The van der Waals surface area contributed by atoms with E-state index in [1.165, 1.54) is 0 Å². The topological polar surface area (TPSA) is 78.5 Å². The van der Waals surface area contributed by atoms with Gasteiger partial charge >= 0.3 is 6.03 Å². The lowest BCUT2D eigenvalue weighted by atomic mass is 9.91. The minimum atomic E-state index is -1.17. The molecule has 26 heavy (non-hydrogen) atoms. The average Bonchev–Trinajstić information content (AvgIpc) is 2.82. The fourth-order valence-corrected chi connectivity index (χ4v) is 2.90. The van der Waals surface area contributed by atoms with E-state index in [2.05, 4.69) is 10.6 Å². The number of rotatable bonds is 4. The summed E-state index contributed by atoms with van der Waals surface area (Å²) in [6.45, 7) is 5.21. The predicted molar refractivity (Wildman–Crippen MR) is 98.6 cm³/mol. The molecule has 1 aliphatic heterocycles. The third kappa shape index (κ3) is 3.31. The van der Waals surface area contributed by atoms with Crippen molar-refractivity contribution in [2.75, 3.05) is 11.9 Å². The van der Waals surface area contributed by atoms with Crippen molar-refractivity contribution in [2.45, 2.75) is 26.3 Å². The van der Waals surface area contributed by atoms with Crippen LogP contribution in [0.5, 0.6) is 0 Å². The standard InChI is InChI=1S/C20H21N3O3/c1-13-4-8-15(9-5-13)20(3)18(25)23(19(26)22-20)12-17(24)21-16-10-6-14(2)7-11-16/h4-11H,12H2,1-3H3,(H,21,24)(H,22,26)/t20-/m1/s1. The van der Waals surface area contributed by atoms with Gasteiger partial charge in [0.05, 0.1) is 0 Å². The molecule has 6 nitrogen and oxygen atoms in total. The van der Waals surface area contributed by atoms with Crippen LogP contribution in [-0.2, 0) is 15.1 Å². The van der Waals surface area contributed by atoms with Crippen molar-refractivity contribution in [1.29, 1.82) is 0 Å². The van der Waals surface area contributed by atoms with Gasteiger partial charge in [0.1, 0.15) is 12.1 Å². The van der Waals surface area contributed by atoms with Crippen LogP contribution in [0.25, 0.3) is 0 Å². The van der Waals surface area contributed by atoms with E-state index in [4.69, 9.17) is 0 Å². The molecule has 6 heteroatoms. The van der Waals surface area contributed by atoms with Crippen molar-refractivity contribution in [3.05, 3.63) is 65.2 Å². The number of carbonyl (C=O) groups is 3. The first kappa shape index (κ1) is 17.7. The Kier molecular flexibility index (Phi) is 4.50. The first-order chi connectivity index (χ1) is 12.3. The number of imide groups is 1. The van der Waals surface area contributed by atoms with Crippen molar-refractivity contribution in [1.82, 2.24) is 10.2 Å². The lowest BCUT2D eigenvalue weighted by molar-refractivity contribution is -0.133. The zero-order chi connectivity index (χ0) is 18.9. The van der Waals surface area contributed by atoms with Crippen molar-refractivity contribution < 1.29 is 14.4 Å². The Morgan fingerprint density at radius 1 is 1.00 bits per heavy atom. The van der Waals surface area contributed by atoms with Gasteiger partial charge in [-0.1, -0.05) is 47.5 Å². The zero-order valence-electron chi connectivity index (χ0n) is 15.0. The average molecular weight is 351 g/mol. The minimum absolute atomic E-state index is 0.333. The van der Waals surface area contributed by atoms with Crippen LogP contribution in [0.4, 0.5) is 10.5 Å². The number of benzene rings is 2. The van der Waals surface area contributed by atoms with E-state index in [1.807, 2.05) is 50.2 Å². The maximum absolute atomic E-state index is 12.8. The van der Waals surface area contributed by atoms with Crippen molar-refractivity contribution >= 4 is 23.5 Å². The molecule has 2 N–H and O–H groups in total. The highest BCUT2D eigenvalue weighted by molar-refractivity contribution is 6.10. The first-order valence-electron chi connectivity index (χ1n) is 8.37. The van der Waals surface area contributed by atoms with Crippen molar-refractivity contribution in [3.63, 3.8) is 0 Å². The highest BCUT2D eigenvalue weighted by Gasteiger charge is 2.49. The lowest BCUT2D eigenvalue weighted by Crippen LogP contribution is -2.42. The third-order valence-corrected chi connectivity index (χ3v) is 4.54. The molecule has 0 radical (unpaired) electrons. The highest BCUT2D eigenvalue weighted by Crippen LogP contribution is 2.28. The van der Waals surface area contributed by atoms with E-state index >= 15 is 0 Å². The third-order valence-electron chi connectivity index (χ3n) is 4.54. The monoisotopic (exact) mass is 351 g/mol. The first-order valence-corrected chi connectivity index (χ1v) is 8.37. The van der Waals surface area contributed by atoms with Gasteiger partial charge in [0.15, 0.2) is 0 Å². The van der Waals surface area contributed by atoms with Gasteiger partial charge < -0.3 is 10.6 Å². The van der Waals surface area contributed by atoms with E-state index < -0.39 is 23.4 Å². The van der Waals surface area contributed by atoms with E-state index in [0.717, 1.165) is 16.0 Å². The summed E-state index contributed by atoms with van der Waals surface area (Å²) >= 11 is 0. The molecule has 134 valence electrons. The van der Waals surface area contributed by atoms with Crippen molar-refractivity contribution in [3.8, 4) is 0 Å². The molecule has 0 saturated carbocycles. The van der Waals surface area contributed by atoms with Gasteiger partial charge in [0.25, 0.3) is 5.91 Å². The van der Waals surface area contributed by atoms with Crippen LogP contribution in [0.15, 0.2) is 48.5 Å². The van der Waals surface area contributed by atoms with Gasteiger partial charge in [0.2, 0.25) is 5.91 Å². The largest absolute Gasteiger partial charge is 0.325 e. The Balaban J connectivity index is 1.73. The van der Waals surface area contributed by atoms with Gasteiger partial charge in [0, 0.05) is 5.69 Å². The molecule has 4 amide bonds. The second-order valence-corrected chi connectivity index (χ2v) is 6.73. The van der Waals surface area contributed by atoms with Crippen LogP contribution >= 0.6 is 0 Å². The summed E-state index contributed by atoms with van der Waals surface area (Å²) in [5, 5.41) is 5.40. The molecular formula is C20H21N3O3. The quantitative estimate of drug-likeness (QED) is 0.832. The van der Waals surface area contributed by atoms with Crippen LogP contribution in [0, 0.1) is 13.8 Å². The normalized spacial score (nSPS) is 19.4. The smallest absolute Gasteiger partial charge is 0.325 e. The van der Waals surface area contributed by atoms with Crippen LogP contribution < -0.4 is 10.6 Å². The summed E-state index contributed by atoms with van der Waals surface area (Å²) in [5.74, 6) is -0.865. The summed E-state index contributed by atoms with van der Waals surface area (Å²) in [6.07, 6.45) is 0. The molecule has 0 aliphatic carbocycles. The fraction of sp³-hybridized carbons (Fsp3) is 0.250. The summed E-state index contributed by atoms with van der Waals surface area (Å²) in [6, 6.07) is 14.1. The molecule has 0 bridgehead atoms. The molecule has 2 aromatic rings. The molecule has 0 spiro atoms. The number of anilines is 1. The van der Waals surface area contributed by atoms with E-state index in [1.54, 1.807) is 19.1 Å². The maximum atomic E-state index is 12.8. The Morgan fingerprint density at radius 3 is 2.12 bits per heavy atom. The Hall–Kier alpha value is -3.15. The van der Waals surface area contributed by atoms with Crippen LogP contribution in [-0.4, -0.2) is 29.3 Å². The summed E-state index contributed by atoms with van der Waals surface area (Å²) in [4.78, 5) is 38.3. The number of carbonyl (C=O) groups excluding carboxylic acids is 3. The molecular weight excluding hydrogens is 330 g/mol. The number of aryl methyl sites for hydroxylation is 2. The summed E-state index contributed by atoms with van der Waals surface area (Å²) in [7, 11) is 0. The molecule has 1 aliphatic rings. The van der Waals surface area contributed by atoms with Gasteiger partial charge in [-0.2, -0.15) is 0 Å².